The summed E-state index contributed by atoms with van der Waals surface area (Å²) in [4.78, 5) is 11.4. The van der Waals surface area contributed by atoms with Gasteiger partial charge in [-0.3, -0.25) is 4.79 Å². The van der Waals surface area contributed by atoms with Crippen molar-refractivity contribution in [2.24, 2.45) is 0 Å². The number of carbonyl (C=O) groups excluding carboxylic acids is 1. The number of carbonyl (C=O) groups is 1. The normalized spacial score (nSPS) is 12.6. The monoisotopic (exact) mass is 310 g/mol. The van der Waals surface area contributed by atoms with Crippen LogP contribution in [-0.2, 0) is 14.0 Å². The van der Waals surface area contributed by atoms with Gasteiger partial charge in [0.05, 0.1) is 6.61 Å². The highest BCUT2D eigenvalue weighted by Gasteiger charge is 2.26. The minimum Gasteiger partial charge on any atom is -0.465 e. The SMILES string of the molecule is CCO[Si](C)(C)CCCOC(=O)C(C)(C)Br. The molecule has 0 heterocycles. The van der Waals surface area contributed by atoms with Crippen LogP contribution in [-0.4, -0.2) is 31.8 Å². The van der Waals surface area contributed by atoms with Gasteiger partial charge in [0.25, 0.3) is 0 Å². The van der Waals surface area contributed by atoms with Crippen LogP contribution in [0.4, 0.5) is 0 Å². The van der Waals surface area contributed by atoms with Gasteiger partial charge in [-0.25, -0.2) is 0 Å². The molecular formula is C11H23BrO3Si. The summed E-state index contributed by atoms with van der Waals surface area (Å²) >= 11 is 3.27. The van der Waals surface area contributed by atoms with E-state index < -0.39 is 12.6 Å². The number of hydrogen-bond donors (Lipinski definition) is 0. The fourth-order valence-electron chi connectivity index (χ4n) is 1.30. The van der Waals surface area contributed by atoms with E-state index in [2.05, 4.69) is 29.0 Å². The summed E-state index contributed by atoms with van der Waals surface area (Å²) in [6, 6.07) is 1.02. The number of hydrogen-bond acceptors (Lipinski definition) is 3. The number of esters is 1. The van der Waals surface area contributed by atoms with Crippen molar-refractivity contribution in [1.82, 2.24) is 0 Å². The van der Waals surface area contributed by atoms with Gasteiger partial charge in [0.1, 0.15) is 4.32 Å². The van der Waals surface area contributed by atoms with E-state index in [0.717, 1.165) is 19.1 Å². The summed E-state index contributed by atoms with van der Waals surface area (Å²) in [6.45, 7) is 11.2. The molecule has 0 aromatic carbocycles. The first-order valence-electron chi connectivity index (χ1n) is 5.69. The second-order valence-electron chi connectivity index (χ2n) is 4.90. The lowest BCUT2D eigenvalue weighted by Crippen LogP contribution is -2.31. The minimum atomic E-state index is -1.52. The number of ether oxygens (including phenoxy) is 1. The molecule has 0 radical (unpaired) electrons. The van der Waals surface area contributed by atoms with Crippen molar-refractivity contribution in [2.45, 2.75) is 50.7 Å². The van der Waals surface area contributed by atoms with Crippen LogP contribution in [0.2, 0.25) is 19.1 Å². The van der Waals surface area contributed by atoms with E-state index in [4.69, 9.17) is 9.16 Å². The molecule has 0 atom stereocenters. The molecule has 96 valence electrons. The predicted octanol–water partition coefficient (Wildman–Crippen LogP) is 3.33. The first-order chi connectivity index (χ1) is 7.19. The van der Waals surface area contributed by atoms with Crippen molar-refractivity contribution >= 4 is 30.2 Å². The van der Waals surface area contributed by atoms with Crippen LogP contribution in [0.1, 0.15) is 27.2 Å². The third kappa shape index (κ3) is 7.41. The molecule has 0 aromatic heterocycles. The standard InChI is InChI=1S/C11H23BrO3Si/c1-6-15-16(4,5)9-7-8-14-10(13)11(2,3)12/h6-9H2,1-5H3. The van der Waals surface area contributed by atoms with Crippen molar-refractivity contribution in [3.63, 3.8) is 0 Å². The molecule has 0 aliphatic rings. The van der Waals surface area contributed by atoms with Crippen LogP contribution < -0.4 is 0 Å². The maximum Gasteiger partial charge on any atom is 0.322 e. The van der Waals surface area contributed by atoms with Crippen LogP contribution in [0, 0.1) is 0 Å². The Labute approximate surface area is 108 Å². The molecule has 0 bridgehead atoms. The molecule has 0 saturated carbocycles. The van der Waals surface area contributed by atoms with Crippen LogP contribution in [0.3, 0.4) is 0 Å². The van der Waals surface area contributed by atoms with Gasteiger partial charge in [0.2, 0.25) is 0 Å². The lowest BCUT2D eigenvalue weighted by Gasteiger charge is -2.22. The summed E-state index contributed by atoms with van der Waals surface area (Å²) in [5.41, 5.74) is 0. The molecule has 0 spiro atoms. The minimum absolute atomic E-state index is 0.205. The Morgan fingerprint density at radius 1 is 1.38 bits per heavy atom. The summed E-state index contributed by atoms with van der Waals surface area (Å²) in [7, 11) is -1.52. The Morgan fingerprint density at radius 3 is 2.38 bits per heavy atom. The third-order valence-electron chi connectivity index (χ3n) is 2.18. The Morgan fingerprint density at radius 2 is 1.94 bits per heavy atom. The Bertz CT molecular complexity index is 224. The Balaban J connectivity index is 3.73. The first-order valence-corrected chi connectivity index (χ1v) is 9.60. The number of rotatable bonds is 7. The zero-order valence-corrected chi connectivity index (χ0v) is 13.5. The molecule has 0 aliphatic heterocycles. The molecule has 0 rings (SSSR count). The second kappa shape index (κ2) is 6.76. The lowest BCUT2D eigenvalue weighted by atomic mass is 10.2. The predicted molar refractivity (Wildman–Crippen MR) is 72.5 cm³/mol. The van der Waals surface area contributed by atoms with Crippen molar-refractivity contribution in [1.29, 1.82) is 0 Å². The summed E-state index contributed by atoms with van der Waals surface area (Å²) in [5.74, 6) is -0.205. The molecule has 0 saturated heterocycles. The zero-order chi connectivity index (χ0) is 12.8. The number of halogens is 1. The van der Waals surface area contributed by atoms with Crippen LogP contribution in [0.5, 0.6) is 0 Å². The molecule has 5 heteroatoms. The van der Waals surface area contributed by atoms with E-state index in [0.29, 0.717) is 6.61 Å². The van der Waals surface area contributed by atoms with Gasteiger partial charge in [-0.15, -0.1) is 0 Å². The lowest BCUT2D eigenvalue weighted by molar-refractivity contribution is -0.145. The summed E-state index contributed by atoms with van der Waals surface area (Å²) < 4.78 is 10.3. The second-order valence-corrected chi connectivity index (χ2v) is 11.2. The highest BCUT2D eigenvalue weighted by Crippen LogP contribution is 2.18. The van der Waals surface area contributed by atoms with E-state index >= 15 is 0 Å². The average molecular weight is 311 g/mol. The molecule has 0 fully saturated rings. The Kier molecular flexibility index (Phi) is 6.82. The summed E-state index contributed by atoms with van der Waals surface area (Å²) in [5, 5.41) is 0. The molecule has 0 unspecified atom stereocenters. The number of alkyl halides is 1. The van der Waals surface area contributed by atoms with E-state index in [-0.39, 0.29) is 5.97 Å². The quantitative estimate of drug-likeness (QED) is 0.313. The third-order valence-corrected chi connectivity index (χ3v) is 5.13. The van der Waals surface area contributed by atoms with Crippen LogP contribution in [0.25, 0.3) is 0 Å². The molecule has 0 N–H and O–H groups in total. The molecule has 16 heavy (non-hydrogen) atoms. The van der Waals surface area contributed by atoms with E-state index in [1.807, 2.05) is 6.92 Å². The molecule has 0 amide bonds. The van der Waals surface area contributed by atoms with Crippen LogP contribution in [0.15, 0.2) is 0 Å². The fourth-order valence-corrected chi connectivity index (χ4v) is 3.33. The van der Waals surface area contributed by atoms with Gasteiger partial charge in [-0.1, -0.05) is 15.9 Å². The molecule has 0 aromatic rings. The van der Waals surface area contributed by atoms with Crippen molar-refractivity contribution in [2.75, 3.05) is 13.2 Å². The molecular weight excluding hydrogens is 288 g/mol. The van der Waals surface area contributed by atoms with Crippen LogP contribution >= 0.6 is 15.9 Å². The topological polar surface area (TPSA) is 35.5 Å². The smallest absolute Gasteiger partial charge is 0.322 e. The Hall–Kier alpha value is 0.127. The van der Waals surface area contributed by atoms with E-state index in [9.17, 15) is 4.79 Å². The fraction of sp³-hybridized carbons (Fsp3) is 0.909. The van der Waals surface area contributed by atoms with Gasteiger partial charge < -0.3 is 9.16 Å². The largest absolute Gasteiger partial charge is 0.465 e. The zero-order valence-electron chi connectivity index (χ0n) is 10.9. The van der Waals surface area contributed by atoms with E-state index in [1.54, 1.807) is 13.8 Å². The molecule has 0 aliphatic carbocycles. The van der Waals surface area contributed by atoms with Gasteiger partial charge in [-0.2, -0.15) is 0 Å². The maximum atomic E-state index is 11.4. The highest BCUT2D eigenvalue weighted by molar-refractivity contribution is 9.10. The summed E-state index contributed by atoms with van der Waals surface area (Å²) in [6.07, 6.45) is 0.883. The van der Waals surface area contributed by atoms with Gasteiger partial charge in [-0.05, 0) is 46.3 Å². The molecule has 3 nitrogen and oxygen atoms in total. The highest BCUT2D eigenvalue weighted by atomic mass is 79.9. The van der Waals surface area contributed by atoms with Gasteiger partial charge >= 0.3 is 5.97 Å². The maximum absolute atomic E-state index is 11.4. The van der Waals surface area contributed by atoms with Crippen molar-refractivity contribution in [3.8, 4) is 0 Å². The first kappa shape index (κ1) is 16.1. The van der Waals surface area contributed by atoms with Gasteiger partial charge in [0.15, 0.2) is 8.32 Å². The van der Waals surface area contributed by atoms with E-state index in [1.165, 1.54) is 0 Å². The average Bonchev–Trinajstić information content (AvgIpc) is 2.10. The van der Waals surface area contributed by atoms with Gasteiger partial charge in [0, 0.05) is 6.61 Å². The van der Waals surface area contributed by atoms with Crippen molar-refractivity contribution in [3.05, 3.63) is 0 Å². The van der Waals surface area contributed by atoms with Crippen molar-refractivity contribution < 1.29 is 14.0 Å².